The minimum Gasteiger partial charge on any atom is -0.493 e. The Hall–Kier alpha value is -3.85. The van der Waals surface area contributed by atoms with Gasteiger partial charge >= 0.3 is 0 Å². The molecule has 3 aromatic carbocycles. The molecule has 38 heavy (non-hydrogen) atoms. The first-order chi connectivity index (χ1) is 18.5. The highest BCUT2D eigenvalue weighted by molar-refractivity contribution is 7.99. The van der Waals surface area contributed by atoms with Crippen LogP contribution in [0.1, 0.15) is 26.9 Å². The first kappa shape index (κ1) is 27.2. The van der Waals surface area contributed by atoms with Crippen LogP contribution in [0, 0.1) is 0 Å². The number of nitrogens with zero attached hydrogens (tertiary/aromatic N) is 1. The van der Waals surface area contributed by atoms with E-state index in [2.05, 4.69) is 5.32 Å². The first-order valence-corrected chi connectivity index (χ1v) is 13.3. The lowest BCUT2D eigenvalue weighted by atomic mass is 10.1. The number of carbonyl (C=O) groups excluding carboxylic acids is 2. The van der Waals surface area contributed by atoms with Gasteiger partial charge in [0.05, 0.1) is 28.4 Å². The van der Waals surface area contributed by atoms with Gasteiger partial charge < -0.3 is 29.2 Å². The number of ether oxygens (including phenoxy) is 4. The summed E-state index contributed by atoms with van der Waals surface area (Å²) in [7, 11) is 6.26. The van der Waals surface area contributed by atoms with Gasteiger partial charge in [-0.1, -0.05) is 36.4 Å². The molecule has 0 bridgehead atoms. The molecule has 4 rings (SSSR count). The summed E-state index contributed by atoms with van der Waals surface area (Å²) in [6.07, 6.45) is 0.609. The van der Waals surface area contributed by atoms with Crippen LogP contribution in [0.4, 0.5) is 0 Å². The molecule has 9 heteroatoms. The van der Waals surface area contributed by atoms with Crippen molar-refractivity contribution in [3.8, 4) is 23.0 Å². The minimum atomic E-state index is -0.629. The molecule has 2 amide bonds. The molecular formula is C29H32N2O6S. The zero-order valence-corrected chi connectivity index (χ0v) is 22.7. The maximum absolute atomic E-state index is 13.9. The van der Waals surface area contributed by atoms with E-state index in [0.29, 0.717) is 47.3 Å². The normalized spacial score (nSPS) is 16.6. The van der Waals surface area contributed by atoms with E-state index >= 15 is 0 Å². The fourth-order valence-corrected chi connectivity index (χ4v) is 5.86. The van der Waals surface area contributed by atoms with Crippen LogP contribution < -0.4 is 24.3 Å². The molecule has 1 saturated heterocycles. The van der Waals surface area contributed by atoms with Crippen molar-refractivity contribution in [1.29, 1.82) is 0 Å². The van der Waals surface area contributed by atoms with Gasteiger partial charge in [-0.25, -0.2) is 0 Å². The predicted octanol–water partition coefficient (Wildman–Crippen LogP) is 4.34. The number of methoxy groups -OCH3 is 4. The standard InChI is InChI=1S/C29H32N2O6S/c1-34-23-12-10-19(16-25(23)36-3)14-15-30-27(32)22-18-38-29(20-8-6-5-7-9-20)31(22)28(33)21-11-13-24(35-2)26(17-21)37-4/h5-13,16-17,22,29H,14-15,18H2,1-4H3,(H,30,32). The molecular weight excluding hydrogens is 504 g/mol. The van der Waals surface area contributed by atoms with Gasteiger partial charge in [-0.05, 0) is 47.9 Å². The molecule has 0 aliphatic carbocycles. The van der Waals surface area contributed by atoms with Crippen molar-refractivity contribution < 1.29 is 28.5 Å². The van der Waals surface area contributed by atoms with Crippen LogP contribution in [0.2, 0.25) is 0 Å². The third-order valence-corrected chi connectivity index (χ3v) is 7.74. The second-order valence-electron chi connectivity index (χ2n) is 8.62. The number of hydrogen-bond donors (Lipinski definition) is 1. The third kappa shape index (κ3) is 5.83. The molecule has 3 aromatic rings. The van der Waals surface area contributed by atoms with Crippen LogP contribution in [0.25, 0.3) is 0 Å². The van der Waals surface area contributed by atoms with Crippen LogP contribution in [0.15, 0.2) is 66.7 Å². The Morgan fingerprint density at radius 1 is 0.842 bits per heavy atom. The van der Waals surface area contributed by atoms with Crippen LogP contribution in [0.5, 0.6) is 23.0 Å². The first-order valence-electron chi connectivity index (χ1n) is 12.2. The van der Waals surface area contributed by atoms with Crippen LogP contribution >= 0.6 is 11.8 Å². The topological polar surface area (TPSA) is 86.3 Å². The summed E-state index contributed by atoms with van der Waals surface area (Å²) in [4.78, 5) is 28.9. The smallest absolute Gasteiger partial charge is 0.255 e. The summed E-state index contributed by atoms with van der Waals surface area (Å²) < 4.78 is 21.4. The van der Waals surface area contributed by atoms with E-state index in [1.54, 1.807) is 56.2 Å². The maximum atomic E-state index is 13.9. The van der Waals surface area contributed by atoms with E-state index < -0.39 is 6.04 Å². The van der Waals surface area contributed by atoms with Crippen molar-refractivity contribution in [2.45, 2.75) is 17.8 Å². The molecule has 1 aliphatic heterocycles. The fraction of sp³-hybridized carbons (Fsp3) is 0.310. The van der Waals surface area contributed by atoms with Gasteiger partial charge in [-0.2, -0.15) is 0 Å². The molecule has 0 spiro atoms. The largest absolute Gasteiger partial charge is 0.493 e. The van der Waals surface area contributed by atoms with E-state index in [1.807, 2.05) is 48.5 Å². The molecule has 1 fully saturated rings. The van der Waals surface area contributed by atoms with Crippen LogP contribution in [-0.2, 0) is 11.2 Å². The lowest BCUT2D eigenvalue weighted by Gasteiger charge is -2.29. The van der Waals surface area contributed by atoms with E-state index in [4.69, 9.17) is 18.9 Å². The third-order valence-electron chi connectivity index (χ3n) is 6.41. The lowest BCUT2D eigenvalue weighted by molar-refractivity contribution is -0.124. The van der Waals surface area contributed by atoms with Gasteiger partial charge in [-0.3, -0.25) is 9.59 Å². The van der Waals surface area contributed by atoms with E-state index in [-0.39, 0.29) is 17.2 Å². The van der Waals surface area contributed by atoms with Crippen LogP contribution in [-0.4, -0.2) is 63.5 Å². The molecule has 1 aliphatic rings. The fourth-order valence-electron chi connectivity index (χ4n) is 4.43. The Morgan fingerprint density at radius 3 is 2.13 bits per heavy atom. The zero-order valence-electron chi connectivity index (χ0n) is 21.9. The minimum absolute atomic E-state index is 0.190. The maximum Gasteiger partial charge on any atom is 0.255 e. The van der Waals surface area contributed by atoms with Crippen LogP contribution in [0.3, 0.4) is 0 Å². The molecule has 200 valence electrons. The quantitative estimate of drug-likeness (QED) is 0.413. The molecule has 2 unspecified atom stereocenters. The summed E-state index contributed by atoms with van der Waals surface area (Å²) >= 11 is 1.58. The number of nitrogens with one attached hydrogen (secondary N) is 1. The monoisotopic (exact) mass is 536 g/mol. The van der Waals surface area contributed by atoms with Gasteiger partial charge in [0.15, 0.2) is 23.0 Å². The molecule has 2 atom stereocenters. The van der Waals surface area contributed by atoms with Gasteiger partial charge in [0.2, 0.25) is 5.91 Å². The highest BCUT2D eigenvalue weighted by Gasteiger charge is 2.42. The number of rotatable bonds is 10. The second-order valence-corrected chi connectivity index (χ2v) is 9.74. The Labute approximate surface area is 227 Å². The van der Waals surface area contributed by atoms with Gasteiger partial charge in [0.1, 0.15) is 11.4 Å². The van der Waals surface area contributed by atoms with Crippen molar-refractivity contribution in [1.82, 2.24) is 10.2 Å². The Bertz CT molecular complexity index is 1270. The van der Waals surface area contributed by atoms with E-state index in [9.17, 15) is 9.59 Å². The van der Waals surface area contributed by atoms with Crippen molar-refractivity contribution in [2.75, 3.05) is 40.7 Å². The molecule has 1 N–H and O–H groups in total. The summed E-state index contributed by atoms with van der Waals surface area (Å²) in [5.74, 6) is 2.33. The van der Waals surface area contributed by atoms with Crippen molar-refractivity contribution in [3.05, 3.63) is 83.4 Å². The zero-order chi connectivity index (χ0) is 27.1. The summed E-state index contributed by atoms with van der Waals surface area (Å²) in [5.41, 5.74) is 2.39. The molecule has 0 radical (unpaired) electrons. The van der Waals surface area contributed by atoms with E-state index in [0.717, 1.165) is 11.1 Å². The predicted molar refractivity (Wildman–Crippen MR) is 147 cm³/mol. The van der Waals surface area contributed by atoms with Crippen molar-refractivity contribution in [2.24, 2.45) is 0 Å². The Morgan fingerprint density at radius 2 is 1.47 bits per heavy atom. The highest BCUT2D eigenvalue weighted by Crippen LogP contribution is 2.42. The lowest BCUT2D eigenvalue weighted by Crippen LogP contribution is -2.48. The average Bonchev–Trinajstić information content (AvgIpc) is 3.42. The van der Waals surface area contributed by atoms with Gasteiger partial charge in [-0.15, -0.1) is 11.8 Å². The number of thioether (sulfide) groups is 1. The number of amides is 2. The number of carbonyl (C=O) groups is 2. The second kappa shape index (κ2) is 12.6. The number of hydrogen-bond acceptors (Lipinski definition) is 7. The Kier molecular flexibility index (Phi) is 9.02. The number of benzene rings is 3. The van der Waals surface area contributed by atoms with Crippen molar-refractivity contribution >= 4 is 23.6 Å². The summed E-state index contributed by atoms with van der Waals surface area (Å²) in [6, 6.07) is 19.9. The van der Waals surface area contributed by atoms with E-state index in [1.165, 1.54) is 7.11 Å². The molecule has 1 heterocycles. The SMILES string of the molecule is COc1ccc(CCNC(=O)C2CSC(c3ccccc3)N2C(=O)c2ccc(OC)c(OC)c2)cc1OC. The Balaban J connectivity index is 1.53. The van der Waals surface area contributed by atoms with Crippen molar-refractivity contribution in [3.63, 3.8) is 0 Å². The van der Waals surface area contributed by atoms with Gasteiger partial charge in [0, 0.05) is 17.9 Å². The molecule has 8 nitrogen and oxygen atoms in total. The average molecular weight is 537 g/mol. The summed E-state index contributed by atoms with van der Waals surface area (Å²) in [5, 5.41) is 2.73. The highest BCUT2D eigenvalue weighted by atomic mass is 32.2. The molecule has 0 aromatic heterocycles. The summed E-state index contributed by atoms with van der Waals surface area (Å²) in [6.45, 7) is 0.421. The van der Waals surface area contributed by atoms with Gasteiger partial charge in [0.25, 0.3) is 5.91 Å². The molecule has 0 saturated carbocycles.